The first-order valence-corrected chi connectivity index (χ1v) is 7.17. The summed E-state index contributed by atoms with van der Waals surface area (Å²) in [4.78, 5) is 0. The summed E-state index contributed by atoms with van der Waals surface area (Å²) in [6.45, 7) is 1.18. The van der Waals surface area contributed by atoms with E-state index in [1.165, 1.54) is 6.26 Å². The molecular formula is C7H18NO3S2+. The van der Waals surface area contributed by atoms with Gasteiger partial charge in [-0.2, -0.15) is 8.42 Å². The van der Waals surface area contributed by atoms with Crippen LogP contribution in [0.2, 0.25) is 0 Å². The molecule has 0 radical (unpaired) electrons. The van der Waals surface area contributed by atoms with Gasteiger partial charge < -0.3 is 4.48 Å². The van der Waals surface area contributed by atoms with Crippen LogP contribution in [0.1, 0.15) is 6.42 Å². The van der Waals surface area contributed by atoms with Crippen LogP contribution >= 0.6 is 10.8 Å². The Kier molecular flexibility index (Phi) is 5.28. The van der Waals surface area contributed by atoms with Crippen LogP contribution in [0.3, 0.4) is 0 Å². The molecule has 4 nitrogen and oxygen atoms in total. The number of quaternary nitrogens is 1. The Morgan fingerprint density at radius 1 is 1.31 bits per heavy atom. The average molecular weight is 228 g/mol. The minimum Gasteiger partial charge on any atom is -0.331 e. The molecule has 0 aromatic heterocycles. The Balaban J connectivity index is 3.59. The van der Waals surface area contributed by atoms with E-state index in [1.807, 2.05) is 0 Å². The van der Waals surface area contributed by atoms with Crippen molar-refractivity contribution >= 4 is 19.9 Å². The zero-order valence-corrected chi connectivity index (χ0v) is 10.2. The summed E-state index contributed by atoms with van der Waals surface area (Å²) in [6, 6.07) is 0. The summed E-state index contributed by atoms with van der Waals surface area (Å²) in [7, 11) is 3.58. The Hall–Kier alpha value is 0.220. The molecule has 0 bridgehead atoms. The molecule has 0 atom stereocenters. The predicted octanol–water partition coefficient (Wildman–Crippen LogP) is 0.707. The van der Waals surface area contributed by atoms with Crippen molar-refractivity contribution in [3.05, 3.63) is 0 Å². The van der Waals surface area contributed by atoms with Crippen molar-refractivity contribution in [3.8, 4) is 0 Å². The summed E-state index contributed by atoms with van der Waals surface area (Å²) >= 11 is 0. The summed E-state index contributed by atoms with van der Waals surface area (Å²) in [6.07, 6.45) is 2.25. The van der Waals surface area contributed by atoms with Crippen LogP contribution in [-0.2, 0) is 13.3 Å². The minimum atomic E-state index is -3.33. The lowest BCUT2D eigenvalue weighted by molar-refractivity contribution is -0.870. The van der Waals surface area contributed by atoms with E-state index in [1.54, 1.807) is 0 Å². The topological polar surface area (TPSA) is 43.4 Å². The SMILES string of the molecule is CSS(=O)(=O)OCCC[N+](C)(C)C. The number of rotatable bonds is 6. The van der Waals surface area contributed by atoms with Gasteiger partial charge in [-0.15, -0.1) is 0 Å². The van der Waals surface area contributed by atoms with E-state index < -0.39 is 9.15 Å². The highest BCUT2D eigenvalue weighted by molar-refractivity contribution is 8.70. The highest BCUT2D eigenvalue weighted by Crippen LogP contribution is 2.09. The van der Waals surface area contributed by atoms with Gasteiger partial charge in [0.25, 0.3) is 0 Å². The standard InChI is InChI=1S/C7H18NO3S2/c1-8(2,3)6-5-7-11-13(9,10)12-4/h5-7H2,1-4H3/q+1. The van der Waals surface area contributed by atoms with Crippen molar-refractivity contribution in [2.24, 2.45) is 0 Å². The molecule has 0 aromatic carbocycles. The van der Waals surface area contributed by atoms with Crippen LogP contribution in [0.4, 0.5) is 0 Å². The van der Waals surface area contributed by atoms with Crippen LogP contribution in [0.5, 0.6) is 0 Å². The highest BCUT2D eigenvalue weighted by atomic mass is 33.1. The molecule has 0 aliphatic heterocycles. The van der Waals surface area contributed by atoms with Gasteiger partial charge in [-0.25, -0.2) is 0 Å². The van der Waals surface area contributed by atoms with Gasteiger partial charge in [0.05, 0.1) is 34.3 Å². The van der Waals surface area contributed by atoms with Gasteiger partial charge in [0.15, 0.2) is 0 Å². The third-order valence-corrected chi connectivity index (χ3v) is 3.78. The van der Waals surface area contributed by atoms with Gasteiger partial charge in [-0.3, -0.25) is 4.18 Å². The molecule has 0 aromatic rings. The van der Waals surface area contributed by atoms with Gasteiger partial charge >= 0.3 is 9.15 Å². The molecule has 80 valence electrons. The molecule has 0 unspecified atom stereocenters. The van der Waals surface area contributed by atoms with E-state index in [9.17, 15) is 8.42 Å². The fourth-order valence-electron chi connectivity index (χ4n) is 0.748. The van der Waals surface area contributed by atoms with Gasteiger partial charge in [-0.05, 0) is 17.0 Å². The number of hydrogen-bond acceptors (Lipinski definition) is 4. The lowest BCUT2D eigenvalue weighted by Gasteiger charge is -2.23. The second-order valence-corrected chi connectivity index (χ2v) is 7.37. The first-order chi connectivity index (χ1) is 5.77. The normalized spacial score (nSPS) is 13.2. The van der Waals surface area contributed by atoms with Crippen molar-refractivity contribution in [1.82, 2.24) is 0 Å². The zero-order valence-electron chi connectivity index (χ0n) is 8.61. The fourth-order valence-corrected chi connectivity index (χ4v) is 1.66. The van der Waals surface area contributed by atoms with Gasteiger partial charge in [0.2, 0.25) is 0 Å². The molecule has 6 heteroatoms. The molecule has 13 heavy (non-hydrogen) atoms. The molecule has 0 N–H and O–H groups in total. The fraction of sp³-hybridized carbons (Fsp3) is 1.00. The lowest BCUT2D eigenvalue weighted by Crippen LogP contribution is -2.35. The molecule has 0 spiro atoms. The number of hydrogen-bond donors (Lipinski definition) is 0. The summed E-state index contributed by atoms with van der Waals surface area (Å²) in [5.41, 5.74) is 0. The molecule has 0 fully saturated rings. The van der Waals surface area contributed by atoms with E-state index in [0.29, 0.717) is 0 Å². The summed E-state index contributed by atoms with van der Waals surface area (Å²) in [5.74, 6) is 0. The molecule has 0 saturated heterocycles. The van der Waals surface area contributed by atoms with Crippen LogP contribution in [-0.4, -0.2) is 53.5 Å². The second-order valence-electron chi connectivity index (χ2n) is 3.76. The number of nitrogens with zero attached hydrogens (tertiary/aromatic N) is 1. The third-order valence-electron chi connectivity index (χ3n) is 1.41. The minimum absolute atomic E-state index is 0.276. The smallest absolute Gasteiger partial charge is 0.321 e. The van der Waals surface area contributed by atoms with Crippen LogP contribution in [0.15, 0.2) is 0 Å². The molecule has 0 aliphatic carbocycles. The van der Waals surface area contributed by atoms with Gasteiger partial charge in [0.1, 0.15) is 0 Å². The van der Waals surface area contributed by atoms with Crippen molar-refractivity contribution in [3.63, 3.8) is 0 Å². The maximum atomic E-state index is 10.9. The first kappa shape index (κ1) is 13.2. The maximum Gasteiger partial charge on any atom is 0.321 e. The maximum absolute atomic E-state index is 10.9. The molecule has 0 saturated carbocycles. The van der Waals surface area contributed by atoms with Crippen molar-refractivity contribution < 1.29 is 17.1 Å². The van der Waals surface area contributed by atoms with Crippen molar-refractivity contribution in [1.29, 1.82) is 0 Å². The lowest BCUT2D eigenvalue weighted by atomic mass is 10.4. The average Bonchev–Trinajstić information content (AvgIpc) is 1.97. The van der Waals surface area contributed by atoms with Crippen LogP contribution in [0, 0.1) is 0 Å². The van der Waals surface area contributed by atoms with Gasteiger partial charge in [0, 0.05) is 6.42 Å². The van der Waals surface area contributed by atoms with Crippen molar-refractivity contribution in [2.75, 3.05) is 40.6 Å². The highest BCUT2D eigenvalue weighted by Gasteiger charge is 2.10. The molecule has 0 heterocycles. The van der Waals surface area contributed by atoms with Crippen molar-refractivity contribution in [2.45, 2.75) is 6.42 Å². The summed E-state index contributed by atoms with van der Waals surface area (Å²) in [5, 5.41) is 0. The molecule has 0 amide bonds. The third kappa shape index (κ3) is 8.55. The van der Waals surface area contributed by atoms with E-state index in [0.717, 1.165) is 28.2 Å². The van der Waals surface area contributed by atoms with E-state index >= 15 is 0 Å². The van der Waals surface area contributed by atoms with Crippen LogP contribution in [0.25, 0.3) is 0 Å². The van der Waals surface area contributed by atoms with E-state index in [-0.39, 0.29) is 6.61 Å². The molecule has 0 rings (SSSR count). The molecule has 0 aliphatic rings. The Labute approximate surface area is 84.4 Å². The predicted molar refractivity (Wildman–Crippen MR) is 55.9 cm³/mol. The van der Waals surface area contributed by atoms with E-state index in [4.69, 9.17) is 4.18 Å². The first-order valence-electron chi connectivity index (χ1n) is 4.02. The van der Waals surface area contributed by atoms with E-state index in [2.05, 4.69) is 21.1 Å². The monoisotopic (exact) mass is 228 g/mol. The Bertz CT molecular complexity index is 231. The largest absolute Gasteiger partial charge is 0.331 e. The van der Waals surface area contributed by atoms with Crippen LogP contribution < -0.4 is 0 Å². The van der Waals surface area contributed by atoms with Gasteiger partial charge in [-0.1, -0.05) is 0 Å². The molecular weight excluding hydrogens is 210 g/mol. The second kappa shape index (κ2) is 5.19. The summed E-state index contributed by atoms with van der Waals surface area (Å²) < 4.78 is 27.2. The zero-order chi connectivity index (χ0) is 10.5. The Morgan fingerprint density at radius 2 is 1.85 bits per heavy atom. The quantitative estimate of drug-likeness (QED) is 0.381. The Morgan fingerprint density at radius 3 is 2.23 bits per heavy atom.